The third-order valence-corrected chi connectivity index (χ3v) is 6.42. The molecule has 31 heavy (non-hydrogen) atoms. The number of thiazole rings is 1. The van der Waals surface area contributed by atoms with Gasteiger partial charge in [-0.05, 0) is 29.8 Å². The number of amides is 1. The lowest BCUT2D eigenvalue weighted by Gasteiger charge is -2.08. The van der Waals surface area contributed by atoms with Crippen LogP contribution in [0.3, 0.4) is 0 Å². The molecule has 0 fully saturated rings. The predicted octanol–water partition coefficient (Wildman–Crippen LogP) is 4.40. The largest absolute Gasteiger partial charge is 0.497 e. The second kappa shape index (κ2) is 9.76. The molecule has 4 aromatic rings. The van der Waals surface area contributed by atoms with Crippen molar-refractivity contribution in [2.75, 3.05) is 18.2 Å². The molecular formula is C22H21N5O2S2. The van der Waals surface area contributed by atoms with Crippen molar-refractivity contribution in [2.45, 2.75) is 18.1 Å². The maximum atomic E-state index is 12.4. The molecule has 0 saturated carbocycles. The summed E-state index contributed by atoms with van der Waals surface area (Å²) in [5.74, 6) is 1.72. The van der Waals surface area contributed by atoms with E-state index in [1.54, 1.807) is 13.2 Å². The quantitative estimate of drug-likeness (QED) is 0.300. The van der Waals surface area contributed by atoms with Gasteiger partial charge in [0.15, 0.2) is 10.3 Å². The molecule has 0 bridgehead atoms. The van der Waals surface area contributed by atoms with Gasteiger partial charge >= 0.3 is 0 Å². The van der Waals surface area contributed by atoms with Crippen molar-refractivity contribution in [3.63, 3.8) is 0 Å². The van der Waals surface area contributed by atoms with Gasteiger partial charge in [0.1, 0.15) is 11.6 Å². The average molecular weight is 452 g/mol. The Kier molecular flexibility index (Phi) is 6.63. The number of nitrogens with zero attached hydrogens (tertiary/aromatic N) is 4. The van der Waals surface area contributed by atoms with Gasteiger partial charge < -0.3 is 14.6 Å². The summed E-state index contributed by atoms with van der Waals surface area (Å²) < 4.78 is 8.23. The number of benzene rings is 2. The number of carbonyl (C=O) groups excluding carboxylic acids is 1. The number of fused-ring (bicyclic) bond motifs is 1. The minimum absolute atomic E-state index is 0.131. The Morgan fingerprint density at radius 3 is 2.77 bits per heavy atom. The lowest BCUT2D eigenvalue weighted by atomic mass is 10.1. The molecule has 1 amide bonds. The van der Waals surface area contributed by atoms with Crippen LogP contribution in [-0.4, -0.2) is 38.5 Å². The number of hydrogen-bond acceptors (Lipinski definition) is 7. The summed E-state index contributed by atoms with van der Waals surface area (Å²) >= 11 is 2.80. The van der Waals surface area contributed by atoms with Crippen molar-refractivity contribution >= 4 is 44.4 Å². The first kappa shape index (κ1) is 21.1. The third-order valence-electron chi connectivity index (χ3n) is 4.50. The topological polar surface area (TPSA) is 81.9 Å². The highest BCUT2D eigenvalue weighted by molar-refractivity contribution is 7.99. The van der Waals surface area contributed by atoms with Crippen molar-refractivity contribution in [1.82, 2.24) is 19.7 Å². The smallest absolute Gasteiger partial charge is 0.236 e. The van der Waals surface area contributed by atoms with Crippen LogP contribution in [0.15, 0.2) is 66.3 Å². The molecule has 0 unspecified atom stereocenters. The Balaban J connectivity index is 1.41. The number of methoxy groups -OCH3 is 1. The van der Waals surface area contributed by atoms with E-state index in [2.05, 4.69) is 27.1 Å². The second-order valence-electron chi connectivity index (χ2n) is 6.65. The Bertz CT molecular complexity index is 1170. The summed E-state index contributed by atoms with van der Waals surface area (Å²) in [4.78, 5) is 16.9. The van der Waals surface area contributed by atoms with E-state index in [-0.39, 0.29) is 11.7 Å². The monoisotopic (exact) mass is 451 g/mol. The van der Waals surface area contributed by atoms with Crippen molar-refractivity contribution in [3.8, 4) is 5.75 Å². The van der Waals surface area contributed by atoms with Gasteiger partial charge in [0.25, 0.3) is 0 Å². The number of anilines is 1. The molecular weight excluding hydrogens is 430 g/mol. The standard InChI is InChI=1S/C22H21N5O2S2/c1-3-12-27-19(13-15-8-10-16(29-2)11-9-15)25-26-22(27)30-14-20(28)24-21-23-17-6-4-5-7-18(17)31-21/h3-11H,1,12-14H2,2H3,(H,23,24,28). The maximum absolute atomic E-state index is 12.4. The molecule has 0 aliphatic carbocycles. The molecule has 1 N–H and O–H groups in total. The van der Waals surface area contributed by atoms with Gasteiger partial charge in [-0.1, -0.05) is 53.4 Å². The van der Waals surface area contributed by atoms with E-state index in [1.807, 2.05) is 53.1 Å². The molecule has 2 heterocycles. The van der Waals surface area contributed by atoms with Crippen LogP contribution in [0.1, 0.15) is 11.4 Å². The second-order valence-corrected chi connectivity index (χ2v) is 8.62. The van der Waals surface area contributed by atoms with Crippen LogP contribution in [0.2, 0.25) is 0 Å². The molecule has 4 rings (SSSR count). The zero-order chi connectivity index (χ0) is 21.6. The number of allylic oxidation sites excluding steroid dienone is 1. The first-order valence-corrected chi connectivity index (χ1v) is 11.4. The first-order valence-electron chi connectivity index (χ1n) is 9.60. The fraction of sp³-hybridized carbons (Fsp3) is 0.182. The number of rotatable bonds is 9. The van der Waals surface area contributed by atoms with Gasteiger partial charge in [0.05, 0.1) is 23.1 Å². The van der Waals surface area contributed by atoms with E-state index in [9.17, 15) is 4.79 Å². The number of thioether (sulfide) groups is 1. The SMILES string of the molecule is C=CCn1c(Cc2ccc(OC)cc2)nnc1SCC(=O)Nc1nc2ccccc2s1. The lowest BCUT2D eigenvalue weighted by Crippen LogP contribution is -2.14. The Labute approximate surface area is 188 Å². The number of aromatic nitrogens is 4. The fourth-order valence-corrected chi connectivity index (χ4v) is 4.65. The van der Waals surface area contributed by atoms with Crippen molar-refractivity contribution in [3.05, 3.63) is 72.6 Å². The van der Waals surface area contributed by atoms with Crippen LogP contribution in [0, 0.1) is 0 Å². The molecule has 0 saturated heterocycles. The number of ether oxygens (including phenoxy) is 1. The normalized spacial score (nSPS) is 10.9. The highest BCUT2D eigenvalue weighted by Crippen LogP contribution is 2.26. The highest BCUT2D eigenvalue weighted by Gasteiger charge is 2.15. The molecule has 158 valence electrons. The number of carbonyl (C=O) groups is 1. The molecule has 0 radical (unpaired) electrons. The zero-order valence-electron chi connectivity index (χ0n) is 16.9. The van der Waals surface area contributed by atoms with Gasteiger partial charge in [-0.3, -0.25) is 4.79 Å². The lowest BCUT2D eigenvalue weighted by molar-refractivity contribution is -0.113. The molecule has 0 aliphatic heterocycles. The van der Waals surface area contributed by atoms with Gasteiger partial charge in [0.2, 0.25) is 5.91 Å². The van der Waals surface area contributed by atoms with Gasteiger partial charge in [-0.2, -0.15) is 0 Å². The number of nitrogens with one attached hydrogen (secondary N) is 1. The fourth-order valence-electron chi connectivity index (χ4n) is 3.01. The summed E-state index contributed by atoms with van der Waals surface area (Å²) in [5.41, 5.74) is 1.98. The minimum Gasteiger partial charge on any atom is -0.497 e. The molecule has 2 aromatic carbocycles. The summed E-state index contributed by atoms with van der Waals surface area (Å²) in [6.07, 6.45) is 2.43. The van der Waals surface area contributed by atoms with Crippen LogP contribution in [0.5, 0.6) is 5.75 Å². The van der Waals surface area contributed by atoms with E-state index in [4.69, 9.17) is 4.74 Å². The van der Waals surface area contributed by atoms with Crippen molar-refractivity contribution in [1.29, 1.82) is 0 Å². The van der Waals surface area contributed by atoms with Crippen molar-refractivity contribution < 1.29 is 9.53 Å². The zero-order valence-corrected chi connectivity index (χ0v) is 18.6. The Morgan fingerprint density at radius 1 is 1.23 bits per heavy atom. The molecule has 2 aromatic heterocycles. The molecule has 9 heteroatoms. The van der Waals surface area contributed by atoms with E-state index >= 15 is 0 Å². The van der Waals surface area contributed by atoms with E-state index in [0.29, 0.717) is 23.3 Å². The molecule has 0 aliphatic rings. The number of para-hydroxylation sites is 1. The van der Waals surface area contributed by atoms with Crippen LogP contribution < -0.4 is 10.1 Å². The summed E-state index contributed by atoms with van der Waals surface area (Å²) in [6, 6.07) is 15.7. The van der Waals surface area contributed by atoms with Crippen LogP contribution in [0.25, 0.3) is 10.2 Å². The number of hydrogen-bond donors (Lipinski definition) is 1. The van der Waals surface area contributed by atoms with E-state index in [1.165, 1.54) is 23.1 Å². The highest BCUT2D eigenvalue weighted by atomic mass is 32.2. The minimum atomic E-state index is -0.131. The van der Waals surface area contributed by atoms with E-state index < -0.39 is 0 Å². The van der Waals surface area contributed by atoms with Crippen molar-refractivity contribution in [2.24, 2.45) is 0 Å². The van der Waals surface area contributed by atoms with Gasteiger partial charge in [0, 0.05) is 13.0 Å². The Hall–Kier alpha value is -3.17. The van der Waals surface area contributed by atoms with Crippen LogP contribution in [-0.2, 0) is 17.8 Å². The van der Waals surface area contributed by atoms with Gasteiger partial charge in [-0.25, -0.2) is 4.98 Å². The summed E-state index contributed by atoms with van der Waals surface area (Å²) in [5, 5.41) is 12.8. The van der Waals surface area contributed by atoms with Crippen LogP contribution in [0.4, 0.5) is 5.13 Å². The first-order chi connectivity index (χ1) is 15.2. The third kappa shape index (κ3) is 5.12. The average Bonchev–Trinajstić information content (AvgIpc) is 3.36. The van der Waals surface area contributed by atoms with Crippen LogP contribution >= 0.6 is 23.1 Å². The molecule has 0 atom stereocenters. The molecule has 0 spiro atoms. The summed E-state index contributed by atoms with van der Waals surface area (Å²) in [7, 11) is 1.65. The van der Waals surface area contributed by atoms with E-state index in [0.717, 1.165) is 27.4 Å². The predicted molar refractivity (Wildman–Crippen MR) is 125 cm³/mol. The summed E-state index contributed by atoms with van der Waals surface area (Å²) in [6.45, 7) is 4.40. The Morgan fingerprint density at radius 2 is 2.03 bits per heavy atom. The van der Waals surface area contributed by atoms with Gasteiger partial charge in [-0.15, -0.1) is 16.8 Å². The maximum Gasteiger partial charge on any atom is 0.236 e. The molecule has 7 nitrogen and oxygen atoms in total.